The molecule has 0 unspecified atom stereocenters. The van der Waals surface area contributed by atoms with Crippen LogP contribution in [0.3, 0.4) is 0 Å². The second kappa shape index (κ2) is 11.5. The topological polar surface area (TPSA) is 30.7 Å². The van der Waals surface area contributed by atoms with E-state index in [-0.39, 0.29) is 0 Å². The van der Waals surface area contributed by atoms with E-state index in [4.69, 9.17) is 9.97 Å². The van der Waals surface area contributed by atoms with E-state index in [1.807, 2.05) is 17.4 Å². The third kappa shape index (κ3) is 4.38. The van der Waals surface area contributed by atoms with Crippen LogP contribution in [0.4, 0.5) is 0 Å². The van der Waals surface area contributed by atoms with Crippen LogP contribution in [-0.2, 0) is 0 Å². The fourth-order valence-corrected chi connectivity index (χ4v) is 9.30. The number of rotatable bonds is 4. The molecule has 3 nitrogen and oxygen atoms in total. The molecule has 0 aliphatic heterocycles. The van der Waals surface area contributed by atoms with Gasteiger partial charge in [0.2, 0.25) is 0 Å². The number of hydrogen-bond acceptors (Lipinski definition) is 3. The number of hydrogen-bond donors (Lipinski definition) is 0. The van der Waals surface area contributed by atoms with Gasteiger partial charge in [-0.1, -0.05) is 127 Å². The monoisotopic (exact) mass is 679 g/mol. The molecule has 8 aromatic carbocycles. The summed E-state index contributed by atoms with van der Waals surface area (Å²) in [5, 5.41) is 8.83. The van der Waals surface area contributed by atoms with Gasteiger partial charge in [0, 0.05) is 63.9 Å². The molecule has 0 saturated carbocycles. The summed E-state index contributed by atoms with van der Waals surface area (Å²) in [6.45, 7) is 0. The Morgan fingerprint density at radius 3 is 1.92 bits per heavy atom. The minimum Gasteiger partial charge on any atom is -0.309 e. The lowest BCUT2D eigenvalue weighted by atomic mass is 9.99. The minimum absolute atomic E-state index is 0.712. The molecule has 11 rings (SSSR count). The van der Waals surface area contributed by atoms with Crippen LogP contribution in [0, 0.1) is 0 Å². The molecule has 0 saturated heterocycles. The zero-order valence-electron chi connectivity index (χ0n) is 28.0. The lowest BCUT2D eigenvalue weighted by Gasteiger charge is -2.13. The molecule has 3 aromatic heterocycles. The summed E-state index contributed by atoms with van der Waals surface area (Å²) in [6.07, 6.45) is 0. The number of para-hydroxylation sites is 2. The number of fused-ring (bicyclic) bond motifs is 11. The molecular weight excluding hydrogens is 651 g/mol. The van der Waals surface area contributed by atoms with Crippen molar-refractivity contribution in [1.29, 1.82) is 0 Å². The maximum absolute atomic E-state index is 5.25. The summed E-state index contributed by atoms with van der Waals surface area (Å²) in [4.78, 5) is 10.3. The van der Waals surface area contributed by atoms with E-state index in [2.05, 4.69) is 174 Å². The van der Waals surface area contributed by atoms with Crippen molar-refractivity contribution in [1.82, 2.24) is 14.5 Å². The average Bonchev–Trinajstić information content (AvgIpc) is 3.78. The smallest absolute Gasteiger partial charge is 0.160 e. The van der Waals surface area contributed by atoms with Crippen molar-refractivity contribution >= 4 is 75.0 Å². The van der Waals surface area contributed by atoms with E-state index < -0.39 is 0 Å². The van der Waals surface area contributed by atoms with Crippen LogP contribution in [0.5, 0.6) is 0 Å². The highest BCUT2D eigenvalue weighted by molar-refractivity contribution is 7.27. The molecule has 0 radical (unpaired) electrons. The third-order valence-corrected chi connectivity index (χ3v) is 11.6. The van der Waals surface area contributed by atoms with Gasteiger partial charge in [0.1, 0.15) is 0 Å². The zero-order valence-corrected chi connectivity index (χ0v) is 28.8. The highest BCUT2D eigenvalue weighted by Gasteiger charge is 2.22. The molecule has 0 N–H and O–H groups in total. The van der Waals surface area contributed by atoms with Crippen LogP contribution in [0.15, 0.2) is 176 Å². The Hall–Kier alpha value is -6.62. The van der Waals surface area contributed by atoms with E-state index in [0.717, 1.165) is 39.0 Å². The van der Waals surface area contributed by atoms with Crippen molar-refractivity contribution < 1.29 is 0 Å². The van der Waals surface area contributed by atoms with E-state index in [0.29, 0.717) is 5.82 Å². The van der Waals surface area contributed by atoms with E-state index in [9.17, 15) is 0 Å². The van der Waals surface area contributed by atoms with Crippen molar-refractivity contribution in [2.75, 3.05) is 0 Å². The molecule has 52 heavy (non-hydrogen) atoms. The van der Waals surface area contributed by atoms with Gasteiger partial charge >= 0.3 is 0 Å². The number of nitrogens with zero attached hydrogens (tertiary/aromatic N) is 3. The largest absolute Gasteiger partial charge is 0.309 e. The van der Waals surface area contributed by atoms with Crippen molar-refractivity contribution in [2.24, 2.45) is 0 Å². The van der Waals surface area contributed by atoms with Crippen LogP contribution < -0.4 is 0 Å². The van der Waals surface area contributed by atoms with E-state index in [1.54, 1.807) is 0 Å². The molecule has 0 amide bonds. The number of thiophene rings is 1. The SMILES string of the molecule is c1ccc(-c2cccc(-c3nc(-c4ccc(-n5c6ccccc6c6c7c8ccccc8sc7c7ccccc7c65)cc4)nc4ccccc34)c2)cc1. The second-order valence-corrected chi connectivity index (χ2v) is 14.4. The normalized spacial score (nSPS) is 11.8. The Bertz CT molecular complexity index is 3170. The van der Waals surface area contributed by atoms with Gasteiger partial charge in [-0.15, -0.1) is 11.3 Å². The van der Waals surface area contributed by atoms with Crippen molar-refractivity contribution in [3.63, 3.8) is 0 Å². The molecule has 0 atom stereocenters. The highest BCUT2D eigenvalue weighted by atomic mass is 32.1. The minimum atomic E-state index is 0.712. The van der Waals surface area contributed by atoms with Crippen molar-refractivity contribution in [3.05, 3.63) is 176 Å². The van der Waals surface area contributed by atoms with Crippen LogP contribution >= 0.6 is 11.3 Å². The van der Waals surface area contributed by atoms with Gasteiger partial charge in [0.15, 0.2) is 5.82 Å². The van der Waals surface area contributed by atoms with Crippen molar-refractivity contribution in [2.45, 2.75) is 0 Å². The summed E-state index contributed by atoms with van der Waals surface area (Å²) in [7, 11) is 0. The first-order valence-corrected chi connectivity index (χ1v) is 18.4. The number of aromatic nitrogens is 3. The van der Waals surface area contributed by atoms with Crippen LogP contribution in [-0.4, -0.2) is 14.5 Å². The average molecular weight is 680 g/mol. The molecular formula is C48H29N3S. The first-order chi connectivity index (χ1) is 25.8. The fraction of sp³-hybridized carbons (Fsp3) is 0. The first-order valence-electron chi connectivity index (χ1n) is 17.6. The Balaban J connectivity index is 1.11. The van der Waals surface area contributed by atoms with Gasteiger partial charge in [-0.25, -0.2) is 9.97 Å². The van der Waals surface area contributed by atoms with Gasteiger partial charge in [-0.2, -0.15) is 0 Å². The van der Waals surface area contributed by atoms with Gasteiger partial charge < -0.3 is 4.57 Å². The lowest BCUT2D eigenvalue weighted by molar-refractivity contribution is 1.18. The first kappa shape index (κ1) is 29.1. The quantitative estimate of drug-likeness (QED) is 0.185. The summed E-state index contributed by atoms with van der Waals surface area (Å²) in [5.41, 5.74) is 9.80. The zero-order chi connectivity index (χ0) is 34.2. The molecule has 242 valence electrons. The van der Waals surface area contributed by atoms with Gasteiger partial charge in [-0.05, 0) is 59.7 Å². The highest BCUT2D eigenvalue weighted by Crippen LogP contribution is 2.48. The maximum atomic E-state index is 5.25. The molecule has 4 heteroatoms. The summed E-state index contributed by atoms with van der Waals surface area (Å²) >= 11 is 1.90. The van der Waals surface area contributed by atoms with E-state index >= 15 is 0 Å². The molecule has 0 fully saturated rings. The molecule has 11 aromatic rings. The molecule has 0 aliphatic carbocycles. The Labute approximate surface area is 303 Å². The van der Waals surface area contributed by atoms with Gasteiger partial charge in [-0.3, -0.25) is 0 Å². The van der Waals surface area contributed by atoms with Crippen LogP contribution in [0.1, 0.15) is 0 Å². The standard InChI is InChI=1S/C48H29N3S/c1-2-13-30(14-3-1)32-15-12-16-33(29-32)45-37-19-6-9-22-40(37)49-48(50-45)31-25-27-34(28-26-31)51-41-23-10-7-20-38(41)43-44-39-21-8-11-24-42(39)52-47(44)36-18-5-4-17-35(36)46(43)51/h1-29H. The van der Waals surface area contributed by atoms with Crippen LogP contribution in [0.2, 0.25) is 0 Å². The molecule has 3 heterocycles. The summed E-state index contributed by atoms with van der Waals surface area (Å²) in [6, 6.07) is 62.8. The Kier molecular flexibility index (Phi) is 6.42. The Morgan fingerprint density at radius 1 is 0.423 bits per heavy atom. The predicted octanol–water partition coefficient (Wildman–Crippen LogP) is 13.2. The predicted molar refractivity (Wildman–Crippen MR) is 221 cm³/mol. The molecule has 0 aliphatic rings. The maximum Gasteiger partial charge on any atom is 0.160 e. The van der Waals surface area contributed by atoms with Crippen molar-refractivity contribution in [3.8, 4) is 39.5 Å². The van der Waals surface area contributed by atoms with Gasteiger partial charge in [0.25, 0.3) is 0 Å². The third-order valence-electron chi connectivity index (χ3n) is 10.4. The summed E-state index contributed by atoms with van der Waals surface area (Å²) in [5.74, 6) is 0.712. The van der Waals surface area contributed by atoms with Gasteiger partial charge in [0.05, 0.1) is 22.2 Å². The van der Waals surface area contributed by atoms with Crippen LogP contribution in [0.25, 0.3) is 103 Å². The lowest BCUT2D eigenvalue weighted by Crippen LogP contribution is -1.97. The molecule has 0 bridgehead atoms. The summed E-state index contributed by atoms with van der Waals surface area (Å²) < 4.78 is 5.11. The fourth-order valence-electron chi connectivity index (χ4n) is 8.05. The molecule has 0 spiro atoms. The number of benzene rings is 8. The van der Waals surface area contributed by atoms with E-state index in [1.165, 1.54) is 58.3 Å². The Morgan fingerprint density at radius 2 is 1.08 bits per heavy atom. The second-order valence-electron chi connectivity index (χ2n) is 13.3.